The van der Waals surface area contributed by atoms with Crippen LogP contribution >= 0.6 is 12.2 Å². The minimum absolute atomic E-state index is 0.112. The number of rotatable bonds is 2. The first kappa shape index (κ1) is 11.0. The Labute approximate surface area is 90.3 Å². The Bertz CT molecular complexity index is 306. The fourth-order valence-electron chi connectivity index (χ4n) is 0.998. The first-order valence-corrected chi connectivity index (χ1v) is 5.03. The lowest BCUT2D eigenvalue weighted by molar-refractivity contribution is 0.235. The van der Waals surface area contributed by atoms with E-state index < -0.39 is 0 Å². The van der Waals surface area contributed by atoms with Crippen molar-refractivity contribution in [1.82, 2.24) is 0 Å². The fourth-order valence-corrected chi connectivity index (χ4v) is 1.31. The van der Waals surface area contributed by atoms with Crippen LogP contribution in [0.2, 0.25) is 0 Å². The molecule has 0 amide bonds. The third-order valence-corrected chi connectivity index (χ3v) is 1.84. The fraction of sp³-hybridized carbons (Fsp3) is 0.364. The molecular weight excluding hydrogens is 194 g/mol. The first-order chi connectivity index (χ1) is 6.58. The highest BCUT2D eigenvalue weighted by atomic mass is 32.1. The minimum atomic E-state index is 0.112. The molecule has 0 fully saturated rings. The van der Waals surface area contributed by atoms with E-state index in [-0.39, 0.29) is 6.10 Å². The van der Waals surface area contributed by atoms with Crippen LogP contribution in [0.3, 0.4) is 0 Å². The largest absolute Gasteiger partial charge is 0.468 e. The molecule has 0 radical (unpaired) electrons. The van der Waals surface area contributed by atoms with E-state index in [1.165, 1.54) is 5.56 Å². The molecule has 0 atom stereocenters. The normalized spacial score (nSPS) is 10.0. The van der Waals surface area contributed by atoms with E-state index in [2.05, 4.69) is 5.32 Å². The molecule has 0 heterocycles. The summed E-state index contributed by atoms with van der Waals surface area (Å²) < 4.78 is 5.30. The molecule has 14 heavy (non-hydrogen) atoms. The van der Waals surface area contributed by atoms with Crippen LogP contribution in [0, 0.1) is 6.92 Å². The van der Waals surface area contributed by atoms with E-state index in [1.54, 1.807) is 0 Å². The number of aryl methyl sites for hydroxylation is 1. The maximum atomic E-state index is 5.30. The van der Waals surface area contributed by atoms with Gasteiger partial charge in [0.1, 0.15) is 0 Å². The van der Waals surface area contributed by atoms with E-state index in [0.29, 0.717) is 5.17 Å². The average molecular weight is 209 g/mol. The molecule has 2 nitrogen and oxygen atoms in total. The van der Waals surface area contributed by atoms with Crippen molar-refractivity contribution in [2.24, 2.45) is 0 Å². The van der Waals surface area contributed by atoms with Crippen LogP contribution in [0.1, 0.15) is 19.4 Å². The van der Waals surface area contributed by atoms with Crippen LogP contribution in [0.4, 0.5) is 5.69 Å². The van der Waals surface area contributed by atoms with Crippen LogP contribution < -0.4 is 5.32 Å². The molecule has 0 aliphatic carbocycles. The summed E-state index contributed by atoms with van der Waals surface area (Å²) >= 11 is 5.01. The monoisotopic (exact) mass is 209 g/mol. The van der Waals surface area contributed by atoms with Gasteiger partial charge >= 0.3 is 0 Å². The Hall–Kier alpha value is -1.09. The summed E-state index contributed by atoms with van der Waals surface area (Å²) in [5.74, 6) is 0. The zero-order valence-corrected chi connectivity index (χ0v) is 9.52. The molecule has 1 rings (SSSR count). The third kappa shape index (κ3) is 3.75. The van der Waals surface area contributed by atoms with Crippen LogP contribution in [-0.4, -0.2) is 11.3 Å². The van der Waals surface area contributed by atoms with E-state index in [9.17, 15) is 0 Å². The van der Waals surface area contributed by atoms with Crippen molar-refractivity contribution in [1.29, 1.82) is 0 Å². The van der Waals surface area contributed by atoms with Gasteiger partial charge in [0.2, 0.25) is 0 Å². The van der Waals surface area contributed by atoms with Crippen LogP contribution in [0.15, 0.2) is 24.3 Å². The Balaban J connectivity index is 2.52. The molecule has 0 spiro atoms. The number of benzene rings is 1. The zero-order valence-electron chi connectivity index (χ0n) is 8.70. The Kier molecular flexibility index (Phi) is 3.89. The highest BCUT2D eigenvalue weighted by Gasteiger charge is 2.00. The molecule has 0 saturated carbocycles. The van der Waals surface area contributed by atoms with Crippen LogP contribution in [0.25, 0.3) is 0 Å². The molecule has 1 aromatic rings. The second kappa shape index (κ2) is 4.96. The van der Waals surface area contributed by atoms with Gasteiger partial charge in [0.05, 0.1) is 6.10 Å². The highest BCUT2D eigenvalue weighted by molar-refractivity contribution is 7.80. The number of ether oxygens (including phenoxy) is 1. The van der Waals surface area contributed by atoms with Gasteiger partial charge in [-0.15, -0.1) is 0 Å². The maximum Gasteiger partial charge on any atom is 0.261 e. The highest BCUT2D eigenvalue weighted by Crippen LogP contribution is 2.09. The van der Waals surface area contributed by atoms with Gasteiger partial charge in [0.25, 0.3) is 5.17 Å². The predicted molar refractivity (Wildman–Crippen MR) is 63.6 cm³/mol. The number of anilines is 1. The lowest BCUT2D eigenvalue weighted by atomic mass is 10.2. The average Bonchev–Trinajstić information content (AvgIpc) is 2.07. The van der Waals surface area contributed by atoms with Crippen molar-refractivity contribution >= 4 is 23.1 Å². The number of hydrogen-bond acceptors (Lipinski definition) is 2. The molecule has 3 heteroatoms. The molecule has 76 valence electrons. The van der Waals surface area contributed by atoms with Gasteiger partial charge in [-0.25, -0.2) is 0 Å². The molecule has 0 saturated heterocycles. The quantitative estimate of drug-likeness (QED) is 0.756. The van der Waals surface area contributed by atoms with Crippen molar-refractivity contribution in [3.63, 3.8) is 0 Å². The van der Waals surface area contributed by atoms with E-state index in [4.69, 9.17) is 17.0 Å². The summed E-state index contributed by atoms with van der Waals surface area (Å²) in [4.78, 5) is 0. The van der Waals surface area contributed by atoms with Crippen molar-refractivity contribution < 1.29 is 4.74 Å². The van der Waals surface area contributed by atoms with Gasteiger partial charge in [-0.05, 0) is 45.1 Å². The van der Waals surface area contributed by atoms with Gasteiger partial charge in [-0.2, -0.15) is 0 Å². The van der Waals surface area contributed by atoms with Crippen molar-refractivity contribution in [2.45, 2.75) is 26.9 Å². The molecule has 0 aromatic heterocycles. The number of nitrogens with one attached hydrogen (secondary N) is 1. The van der Waals surface area contributed by atoms with Gasteiger partial charge in [-0.3, -0.25) is 0 Å². The van der Waals surface area contributed by atoms with Crippen LogP contribution in [0.5, 0.6) is 0 Å². The summed E-state index contributed by atoms with van der Waals surface area (Å²) in [6.07, 6.45) is 0.112. The minimum Gasteiger partial charge on any atom is -0.468 e. The van der Waals surface area contributed by atoms with Crippen molar-refractivity contribution in [2.75, 3.05) is 5.32 Å². The van der Waals surface area contributed by atoms with E-state index in [1.807, 2.05) is 45.0 Å². The van der Waals surface area contributed by atoms with Crippen molar-refractivity contribution in [3.05, 3.63) is 29.8 Å². The summed E-state index contributed by atoms with van der Waals surface area (Å²) in [6, 6.07) is 8.01. The van der Waals surface area contributed by atoms with E-state index in [0.717, 1.165) is 5.69 Å². The third-order valence-electron chi connectivity index (χ3n) is 1.64. The summed E-state index contributed by atoms with van der Waals surface area (Å²) in [6.45, 7) is 5.94. The lowest BCUT2D eigenvalue weighted by Crippen LogP contribution is -2.17. The second-order valence-corrected chi connectivity index (χ2v) is 3.82. The van der Waals surface area contributed by atoms with Gasteiger partial charge in [0.15, 0.2) is 0 Å². The number of thiocarbonyl (C=S) groups is 1. The standard InChI is InChI=1S/C11H15NOS/c1-8(2)13-11(14)12-10-6-4-9(3)5-7-10/h4-8H,1-3H3,(H,12,14). The van der Waals surface area contributed by atoms with Crippen molar-refractivity contribution in [3.8, 4) is 0 Å². The Morgan fingerprint density at radius 1 is 1.29 bits per heavy atom. The van der Waals surface area contributed by atoms with Gasteiger partial charge < -0.3 is 10.1 Å². The molecule has 0 aliphatic rings. The maximum absolute atomic E-state index is 5.30. The Morgan fingerprint density at radius 3 is 2.36 bits per heavy atom. The molecule has 1 aromatic carbocycles. The smallest absolute Gasteiger partial charge is 0.261 e. The molecule has 0 unspecified atom stereocenters. The van der Waals surface area contributed by atoms with E-state index >= 15 is 0 Å². The summed E-state index contributed by atoms with van der Waals surface area (Å²) in [5.41, 5.74) is 2.19. The van der Waals surface area contributed by atoms with Gasteiger partial charge in [0, 0.05) is 5.69 Å². The predicted octanol–water partition coefficient (Wildman–Crippen LogP) is 3.12. The van der Waals surface area contributed by atoms with Gasteiger partial charge in [-0.1, -0.05) is 17.7 Å². The number of hydrogen-bond donors (Lipinski definition) is 1. The SMILES string of the molecule is Cc1ccc(NC(=S)OC(C)C)cc1. The summed E-state index contributed by atoms with van der Waals surface area (Å²) in [7, 11) is 0. The lowest BCUT2D eigenvalue weighted by Gasteiger charge is -2.12. The topological polar surface area (TPSA) is 21.3 Å². The molecule has 0 bridgehead atoms. The molecule has 0 aliphatic heterocycles. The molecule has 1 N–H and O–H groups in total. The summed E-state index contributed by atoms with van der Waals surface area (Å²) in [5, 5.41) is 3.43. The van der Waals surface area contributed by atoms with Crippen LogP contribution in [-0.2, 0) is 4.74 Å². The Morgan fingerprint density at radius 2 is 1.86 bits per heavy atom. The zero-order chi connectivity index (χ0) is 10.6. The molecular formula is C11H15NOS. The first-order valence-electron chi connectivity index (χ1n) is 4.62. The second-order valence-electron chi connectivity index (χ2n) is 3.45.